The van der Waals surface area contributed by atoms with E-state index in [2.05, 4.69) is 5.32 Å². The SMILES string of the molecule is CC(C)(C)OC(=O)N1CCC(Nc2c([N+](=O)[O-])cccc2C(F)(F)F)CC1. The van der Waals surface area contributed by atoms with Crippen LogP contribution in [0, 0.1) is 10.1 Å². The van der Waals surface area contributed by atoms with E-state index in [1.165, 1.54) is 4.90 Å². The second kappa shape index (κ2) is 7.61. The van der Waals surface area contributed by atoms with Crippen molar-refractivity contribution in [3.63, 3.8) is 0 Å². The van der Waals surface area contributed by atoms with Crippen LogP contribution in [-0.2, 0) is 10.9 Å². The van der Waals surface area contributed by atoms with Gasteiger partial charge in [0, 0.05) is 25.2 Å². The second-order valence-electron chi connectivity index (χ2n) is 7.34. The first-order chi connectivity index (χ1) is 12.4. The molecule has 1 aromatic carbocycles. The monoisotopic (exact) mass is 389 g/mol. The van der Waals surface area contributed by atoms with Gasteiger partial charge in [0.2, 0.25) is 0 Å². The molecular formula is C17H22F3N3O4. The van der Waals surface area contributed by atoms with Crippen LogP contribution >= 0.6 is 0 Å². The van der Waals surface area contributed by atoms with Crippen molar-refractivity contribution >= 4 is 17.5 Å². The Morgan fingerprint density at radius 1 is 1.26 bits per heavy atom. The number of nitro groups is 1. The number of para-hydroxylation sites is 1. The number of nitrogens with one attached hydrogen (secondary N) is 1. The molecule has 10 heteroatoms. The Bertz CT molecular complexity index is 708. The van der Waals surface area contributed by atoms with E-state index in [0.717, 1.165) is 18.2 Å². The van der Waals surface area contributed by atoms with Crippen LogP contribution < -0.4 is 5.32 Å². The Morgan fingerprint density at radius 2 is 1.85 bits per heavy atom. The fourth-order valence-corrected chi connectivity index (χ4v) is 2.82. The minimum atomic E-state index is -4.72. The molecule has 0 unspecified atom stereocenters. The van der Waals surface area contributed by atoms with Gasteiger partial charge in [-0.05, 0) is 39.7 Å². The number of carbonyl (C=O) groups is 1. The number of halogens is 3. The predicted molar refractivity (Wildman–Crippen MR) is 92.6 cm³/mol. The number of nitrogens with zero attached hydrogens (tertiary/aromatic N) is 2. The van der Waals surface area contributed by atoms with E-state index in [0.29, 0.717) is 12.8 Å². The fourth-order valence-electron chi connectivity index (χ4n) is 2.82. The number of likely N-dealkylation sites (tertiary alicyclic amines) is 1. The van der Waals surface area contributed by atoms with E-state index >= 15 is 0 Å². The Kier molecular flexibility index (Phi) is 5.86. The summed E-state index contributed by atoms with van der Waals surface area (Å²) in [5, 5.41) is 13.8. The van der Waals surface area contributed by atoms with Gasteiger partial charge in [0.1, 0.15) is 11.3 Å². The molecule has 1 amide bonds. The third kappa shape index (κ3) is 5.48. The highest BCUT2D eigenvalue weighted by atomic mass is 19.4. The van der Waals surface area contributed by atoms with E-state index in [-0.39, 0.29) is 13.1 Å². The lowest BCUT2D eigenvalue weighted by atomic mass is 10.0. The first-order valence-electron chi connectivity index (χ1n) is 8.47. The van der Waals surface area contributed by atoms with E-state index < -0.39 is 45.8 Å². The number of nitro benzene ring substituents is 1. The zero-order chi connectivity index (χ0) is 20.4. The topological polar surface area (TPSA) is 84.7 Å². The van der Waals surface area contributed by atoms with Crippen LogP contribution in [-0.4, -0.2) is 40.6 Å². The predicted octanol–water partition coefficient (Wildman–Crippen LogP) is 4.43. The van der Waals surface area contributed by atoms with E-state index in [9.17, 15) is 28.1 Å². The Morgan fingerprint density at radius 3 is 2.33 bits per heavy atom. The molecular weight excluding hydrogens is 367 g/mol. The lowest BCUT2D eigenvalue weighted by Crippen LogP contribution is -2.44. The fraction of sp³-hybridized carbons (Fsp3) is 0.588. The summed E-state index contributed by atoms with van der Waals surface area (Å²) >= 11 is 0. The highest BCUT2D eigenvalue weighted by molar-refractivity contribution is 5.69. The summed E-state index contributed by atoms with van der Waals surface area (Å²) in [5.41, 5.74) is -2.88. The number of amides is 1. The number of hydrogen-bond acceptors (Lipinski definition) is 5. The minimum Gasteiger partial charge on any atom is -0.444 e. The van der Waals surface area contributed by atoms with Gasteiger partial charge in [-0.3, -0.25) is 10.1 Å². The maximum atomic E-state index is 13.2. The molecule has 0 atom stereocenters. The van der Waals surface area contributed by atoms with Crippen LogP contribution in [0.3, 0.4) is 0 Å². The Hall–Kier alpha value is -2.52. The third-order valence-electron chi connectivity index (χ3n) is 4.04. The zero-order valence-electron chi connectivity index (χ0n) is 15.3. The highest BCUT2D eigenvalue weighted by Gasteiger charge is 2.38. The lowest BCUT2D eigenvalue weighted by molar-refractivity contribution is -0.384. The number of piperidine rings is 1. The average molecular weight is 389 g/mol. The summed E-state index contributed by atoms with van der Waals surface area (Å²) in [6, 6.07) is 2.43. The molecule has 7 nitrogen and oxygen atoms in total. The van der Waals surface area contributed by atoms with Gasteiger partial charge in [0.25, 0.3) is 5.69 Å². The molecule has 0 aromatic heterocycles. The van der Waals surface area contributed by atoms with Crippen molar-refractivity contribution in [2.45, 2.75) is 51.4 Å². The summed E-state index contributed by atoms with van der Waals surface area (Å²) < 4.78 is 45.0. The molecule has 0 saturated carbocycles. The van der Waals surface area contributed by atoms with Crippen LogP contribution in [0.15, 0.2) is 18.2 Å². The number of carbonyl (C=O) groups excluding carboxylic acids is 1. The third-order valence-corrected chi connectivity index (χ3v) is 4.04. The van der Waals surface area contributed by atoms with Crippen LogP contribution in [0.2, 0.25) is 0 Å². The Labute approximate surface area is 154 Å². The molecule has 0 spiro atoms. The molecule has 150 valence electrons. The molecule has 1 N–H and O–H groups in total. The average Bonchev–Trinajstić information content (AvgIpc) is 2.52. The first-order valence-corrected chi connectivity index (χ1v) is 8.47. The van der Waals surface area contributed by atoms with Gasteiger partial charge in [-0.15, -0.1) is 0 Å². The van der Waals surface area contributed by atoms with Gasteiger partial charge in [0.05, 0.1) is 10.5 Å². The van der Waals surface area contributed by atoms with Crippen molar-refractivity contribution < 1.29 is 27.6 Å². The summed E-state index contributed by atoms with van der Waals surface area (Å²) in [6.07, 6.45) is -4.50. The second-order valence-corrected chi connectivity index (χ2v) is 7.34. The smallest absolute Gasteiger partial charge is 0.418 e. The van der Waals surface area contributed by atoms with E-state index in [1.54, 1.807) is 20.8 Å². The number of rotatable bonds is 3. The number of hydrogen-bond donors (Lipinski definition) is 1. The van der Waals surface area contributed by atoms with Crippen molar-refractivity contribution in [3.05, 3.63) is 33.9 Å². The number of alkyl halides is 3. The van der Waals surface area contributed by atoms with Gasteiger partial charge in [-0.25, -0.2) is 4.79 Å². The standard InChI is InChI=1S/C17H22F3N3O4/c1-16(2,3)27-15(24)22-9-7-11(8-10-22)21-14-12(17(18,19)20)5-4-6-13(14)23(25)26/h4-6,11,21H,7-10H2,1-3H3. The van der Waals surface area contributed by atoms with Crippen molar-refractivity contribution in [1.29, 1.82) is 0 Å². The summed E-state index contributed by atoms with van der Waals surface area (Å²) in [6.45, 7) is 5.80. The van der Waals surface area contributed by atoms with Gasteiger partial charge in [-0.1, -0.05) is 6.07 Å². The number of anilines is 1. The van der Waals surface area contributed by atoms with Gasteiger partial charge in [0.15, 0.2) is 0 Å². The first kappa shape index (κ1) is 20.8. The molecule has 0 aliphatic carbocycles. The molecule has 1 heterocycles. The number of ether oxygens (including phenoxy) is 1. The van der Waals surface area contributed by atoms with E-state index in [1.807, 2.05) is 0 Å². The number of benzene rings is 1. The van der Waals surface area contributed by atoms with Crippen LogP contribution in [0.5, 0.6) is 0 Å². The molecule has 0 radical (unpaired) electrons. The molecule has 1 aliphatic rings. The molecule has 27 heavy (non-hydrogen) atoms. The molecule has 2 rings (SSSR count). The molecule has 1 fully saturated rings. The molecule has 1 saturated heterocycles. The van der Waals surface area contributed by atoms with Crippen molar-refractivity contribution in [2.24, 2.45) is 0 Å². The summed E-state index contributed by atoms with van der Waals surface area (Å²) in [7, 11) is 0. The van der Waals surface area contributed by atoms with Crippen LogP contribution in [0.1, 0.15) is 39.2 Å². The lowest BCUT2D eigenvalue weighted by Gasteiger charge is -2.34. The maximum Gasteiger partial charge on any atom is 0.418 e. The van der Waals surface area contributed by atoms with Gasteiger partial charge < -0.3 is 15.0 Å². The van der Waals surface area contributed by atoms with Crippen molar-refractivity contribution in [2.75, 3.05) is 18.4 Å². The van der Waals surface area contributed by atoms with Crippen molar-refractivity contribution in [3.8, 4) is 0 Å². The largest absolute Gasteiger partial charge is 0.444 e. The highest BCUT2D eigenvalue weighted by Crippen LogP contribution is 2.40. The van der Waals surface area contributed by atoms with Crippen LogP contribution in [0.25, 0.3) is 0 Å². The van der Waals surface area contributed by atoms with Crippen LogP contribution in [0.4, 0.5) is 29.3 Å². The summed E-state index contributed by atoms with van der Waals surface area (Å²) in [5.74, 6) is 0. The Balaban J connectivity index is 2.11. The quantitative estimate of drug-likeness (QED) is 0.611. The molecule has 1 aliphatic heterocycles. The molecule has 1 aromatic rings. The zero-order valence-corrected chi connectivity index (χ0v) is 15.3. The van der Waals surface area contributed by atoms with Gasteiger partial charge >= 0.3 is 12.3 Å². The molecule has 0 bridgehead atoms. The normalized spacial score (nSPS) is 16.1. The van der Waals surface area contributed by atoms with E-state index in [4.69, 9.17) is 4.74 Å². The van der Waals surface area contributed by atoms with Gasteiger partial charge in [-0.2, -0.15) is 13.2 Å². The summed E-state index contributed by atoms with van der Waals surface area (Å²) in [4.78, 5) is 23.8. The van der Waals surface area contributed by atoms with Crippen molar-refractivity contribution in [1.82, 2.24) is 4.90 Å². The minimum absolute atomic E-state index is 0.286. The maximum absolute atomic E-state index is 13.2.